The van der Waals surface area contributed by atoms with E-state index >= 15 is 0 Å². The standard InChI is InChI=1S/C10H9N3O2/c14-6-7-1-3-8(4-2-7)9-5-11-13-10(15)12-9/h1-5,14H,6H2,(H,12,13,15). The van der Waals surface area contributed by atoms with Crippen molar-refractivity contribution in [2.45, 2.75) is 6.61 Å². The predicted octanol–water partition coefficient (Wildman–Crippen LogP) is 0.324. The maximum Gasteiger partial charge on any atom is 0.361 e. The van der Waals surface area contributed by atoms with E-state index < -0.39 is 5.69 Å². The van der Waals surface area contributed by atoms with Gasteiger partial charge in [-0.15, -0.1) is 0 Å². The van der Waals surface area contributed by atoms with Gasteiger partial charge in [0.2, 0.25) is 0 Å². The smallest absolute Gasteiger partial charge is 0.361 e. The maximum atomic E-state index is 10.9. The van der Waals surface area contributed by atoms with E-state index in [4.69, 9.17) is 5.11 Å². The number of hydrogen-bond donors (Lipinski definition) is 2. The minimum atomic E-state index is -0.473. The molecule has 0 amide bonds. The van der Waals surface area contributed by atoms with Gasteiger partial charge in [-0.3, -0.25) is 0 Å². The zero-order chi connectivity index (χ0) is 10.7. The van der Waals surface area contributed by atoms with Crippen LogP contribution in [0.5, 0.6) is 0 Å². The fraction of sp³-hybridized carbons (Fsp3) is 0.100. The molecular formula is C10H9N3O2. The molecule has 1 aromatic carbocycles. The summed E-state index contributed by atoms with van der Waals surface area (Å²) in [6.07, 6.45) is 1.48. The summed E-state index contributed by atoms with van der Waals surface area (Å²) in [4.78, 5) is 14.7. The van der Waals surface area contributed by atoms with Crippen LogP contribution >= 0.6 is 0 Å². The Morgan fingerprint density at radius 2 is 2.00 bits per heavy atom. The highest BCUT2D eigenvalue weighted by Crippen LogP contribution is 2.14. The third-order valence-corrected chi connectivity index (χ3v) is 2.00. The quantitative estimate of drug-likeness (QED) is 0.736. The van der Waals surface area contributed by atoms with Gasteiger partial charge in [-0.2, -0.15) is 10.1 Å². The number of aromatic nitrogens is 3. The lowest BCUT2D eigenvalue weighted by Gasteiger charge is -2.00. The summed E-state index contributed by atoms with van der Waals surface area (Å²) in [5.74, 6) is 0. The first-order chi connectivity index (χ1) is 7.29. The molecular weight excluding hydrogens is 194 g/mol. The summed E-state index contributed by atoms with van der Waals surface area (Å²) in [6.45, 7) is 0.00132. The zero-order valence-corrected chi connectivity index (χ0v) is 7.84. The van der Waals surface area contributed by atoms with Crippen LogP contribution in [0.1, 0.15) is 5.56 Å². The van der Waals surface area contributed by atoms with Crippen LogP contribution in [0.3, 0.4) is 0 Å². The third-order valence-electron chi connectivity index (χ3n) is 2.00. The second-order valence-electron chi connectivity index (χ2n) is 3.03. The summed E-state index contributed by atoms with van der Waals surface area (Å²) in [5.41, 5.74) is 1.66. The van der Waals surface area contributed by atoms with Gasteiger partial charge >= 0.3 is 5.69 Å². The number of aliphatic hydroxyl groups is 1. The van der Waals surface area contributed by atoms with Crippen molar-refractivity contribution in [2.24, 2.45) is 0 Å². The number of aromatic amines is 1. The second kappa shape index (κ2) is 4.02. The van der Waals surface area contributed by atoms with Gasteiger partial charge in [0.1, 0.15) is 0 Å². The molecule has 76 valence electrons. The van der Waals surface area contributed by atoms with E-state index in [1.54, 1.807) is 24.3 Å². The number of rotatable bonds is 2. The first kappa shape index (κ1) is 9.54. The van der Waals surface area contributed by atoms with Crippen molar-refractivity contribution < 1.29 is 5.11 Å². The minimum Gasteiger partial charge on any atom is -0.392 e. The van der Waals surface area contributed by atoms with Gasteiger partial charge in [-0.25, -0.2) is 9.89 Å². The number of nitrogens with one attached hydrogen (secondary N) is 1. The fourth-order valence-electron chi connectivity index (χ4n) is 1.23. The van der Waals surface area contributed by atoms with E-state index in [-0.39, 0.29) is 6.61 Å². The van der Waals surface area contributed by atoms with E-state index in [2.05, 4.69) is 15.2 Å². The van der Waals surface area contributed by atoms with Crippen molar-refractivity contribution in [3.05, 3.63) is 46.5 Å². The highest BCUT2D eigenvalue weighted by atomic mass is 16.3. The number of nitrogens with zero attached hydrogens (tertiary/aromatic N) is 2. The Morgan fingerprint density at radius 3 is 2.60 bits per heavy atom. The molecule has 2 aromatic rings. The fourth-order valence-corrected chi connectivity index (χ4v) is 1.23. The van der Waals surface area contributed by atoms with E-state index in [0.717, 1.165) is 11.1 Å². The average Bonchev–Trinajstić information content (AvgIpc) is 2.29. The van der Waals surface area contributed by atoms with Crippen molar-refractivity contribution in [2.75, 3.05) is 0 Å². The Kier molecular flexibility index (Phi) is 2.55. The zero-order valence-electron chi connectivity index (χ0n) is 7.84. The van der Waals surface area contributed by atoms with Gasteiger partial charge in [-0.1, -0.05) is 24.3 Å². The van der Waals surface area contributed by atoms with Gasteiger partial charge in [-0.05, 0) is 5.56 Å². The minimum absolute atomic E-state index is 0.00132. The van der Waals surface area contributed by atoms with Crippen LogP contribution in [0.25, 0.3) is 11.3 Å². The summed E-state index contributed by atoms with van der Waals surface area (Å²) in [7, 11) is 0. The monoisotopic (exact) mass is 203 g/mol. The van der Waals surface area contributed by atoms with Crippen molar-refractivity contribution in [3.8, 4) is 11.3 Å². The lowest BCUT2D eigenvalue weighted by atomic mass is 10.1. The molecule has 0 aliphatic rings. The van der Waals surface area contributed by atoms with Crippen LogP contribution in [0.15, 0.2) is 35.3 Å². The largest absolute Gasteiger partial charge is 0.392 e. The van der Waals surface area contributed by atoms with E-state index in [9.17, 15) is 4.79 Å². The van der Waals surface area contributed by atoms with Crippen LogP contribution in [0.2, 0.25) is 0 Å². The second-order valence-corrected chi connectivity index (χ2v) is 3.03. The lowest BCUT2D eigenvalue weighted by Crippen LogP contribution is -2.11. The molecule has 1 heterocycles. The van der Waals surface area contributed by atoms with E-state index in [1.807, 2.05) is 0 Å². The molecule has 2 rings (SSSR count). The van der Waals surface area contributed by atoms with Gasteiger partial charge in [0, 0.05) is 5.56 Å². The number of aliphatic hydroxyl groups excluding tert-OH is 1. The molecule has 0 spiro atoms. The molecule has 2 N–H and O–H groups in total. The molecule has 5 heteroatoms. The Morgan fingerprint density at radius 1 is 1.27 bits per heavy atom. The summed E-state index contributed by atoms with van der Waals surface area (Å²) in [5, 5.41) is 14.7. The molecule has 0 aliphatic heterocycles. The van der Waals surface area contributed by atoms with Crippen LogP contribution < -0.4 is 5.69 Å². The summed E-state index contributed by atoms with van der Waals surface area (Å²) in [6, 6.07) is 7.13. The van der Waals surface area contributed by atoms with Crippen LogP contribution in [0, 0.1) is 0 Å². The van der Waals surface area contributed by atoms with Crippen molar-refractivity contribution >= 4 is 0 Å². The lowest BCUT2D eigenvalue weighted by molar-refractivity contribution is 0.282. The Bertz CT molecular complexity index is 505. The first-order valence-electron chi connectivity index (χ1n) is 4.41. The van der Waals surface area contributed by atoms with E-state index in [1.165, 1.54) is 6.20 Å². The molecule has 0 fully saturated rings. The van der Waals surface area contributed by atoms with Crippen LogP contribution in [-0.4, -0.2) is 20.3 Å². The third kappa shape index (κ3) is 2.08. The number of benzene rings is 1. The molecule has 0 unspecified atom stereocenters. The molecule has 5 nitrogen and oxygen atoms in total. The topological polar surface area (TPSA) is 78.9 Å². The number of hydrogen-bond acceptors (Lipinski definition) is 4. The normalized spacial score (nSPS) is 10.2. The Labute approximate surface area is 85.4 Å². The van der Waals surface area contributed by atoms with Crippen LogP contribution in [0.4, 0.5) is 0 Å². The molecule has 0 saturated heterocycles. The first-order valence-corrected chi connectivity index (χ1v) is 4.41. The van der Waals surface area contributed by atoms with E-state index in [0.29, 0.717) is 5.69 Å². The molecule has 0 saturated carbocycles. The summed E-state index contributed by atoms with van der Waals surface area (Å²) < 4.78 is 0. The molecule has 0 aliphatic carbocycles. The van der Waals surface area contributed by atoms with Gasteiger partial charge < -0.3 is 5.11 Å². The van der Waals surface area contributed by atoms with Crippen molar-refractivity contribution in [3.63, 3.8) is 0 Å². The van der Waals surface area contributed by atoms with Crippen LogP contribution in [-0.2, 0) is 6.61 Å². The Hall–Kier alpha value is -2.01. The molecule has 0 atom stereocenters. The average molecular weight is 203 g/mol. The van der Waals surface area contributed by atoms with Gasteiger partial charge in [0.15, 0.2) is 0 Å². The van der Waals surface area contributed by atoms with Crippen molar-refractivity contribution in [1.82, 2.24) is 15.2 Å². The molecule has 0 bridgehead atoms. The Balaban J connectivity index is 2.41. The molecule has 0 radical (unpaired) electrons. The highest BCUT2D eigenvalue weighted by Gasteiger charge is 2.00. The highest BCUT2D eigenvalue weighted by molar-refractivity contribution is 5.57. The SMILES string of the molecule is O=c1nc(-c2ccc(CO)cc2)cn[nH]1. The maximum absolute atomic E-state index is 10.9. The van der Waals surface area contributed by atoms with Gasteiger partial charge in [0.25, 0.3) is 0 Å². The molecule has 1 aromatic heterocycles. The summed E-state index contributed by atoms with van der Waals surface area (Å²) >= 11 is 0. The van der Waals surface area contributed by atoms with Gasteiger partial charge in [0.05, 0.1) is 18.5 Å². The van der Waals surface area contributed by atoms with Crippen molar-refractivity contribution in [1.29, 1.82) is 0 Å². The molecule has 15 heavy (non-hydrogen) atoms. The number of H-pyrrole nitrogens is 1. The predicted molar refractivity (Wildman–Crippen MR) is 54.0 cm³/mol.